The molecular weight excluding hydrogens is 361 g/mol. The predicted molar refractivity (Wildman–Crippen MR) is 98.0 cm³/mol. The number of amides is 1. The van der Waals surface area contributed by atoms with Gasteiger partial charge in [-0.25, -0.2) is 4.79 Å². The number of likely N-dealkylation sites (tertiary alicyclic amines) is 1. The number of carbonyl (C=O) groups excluding carboxylic acids is 2. The minimum absolute atomic E-state index is 0.141. The number of nitrogens with zero attached hydrogens (tertiary/aromatic N) is 1. The summed E-state index contributed by atoms with van der Waals surface area (Å²) in [4.78, 5) is 26.7. The van der Waals surface area contributed by atoms with Crippen molar-refractivity contribution >= 4 is 35.1 Å². The third-order valence-electron chi connectivity index (χ3n) is 5.21. The highest BCUT2D eigenvalue weighted by atomic mass is 35.5. The van der Waals surface area contributed by atoms with Crippen LogP contribution in [0.2, 0.25) is 10.0 Å². The van der Waals surface area contributed by atoms with Crippen LogP contribution in [0.25, 0.3) is 0 Å². The summed E-state index contributed by atoms with van der Waals surface area (Å²) >= 11 is 11.9. The van der Waals surface area contributed by atoms with Crippen molar-refractivity contribution in [2.24, 2.45) is 10.8 Å². The second kappa shape index (κ2) is 6.48. The van der Waals surface area contributed by atoms with Crippen LogP contribution in [0.3, 0.4) is 0 Å². The highest BCUT2D eigenvalue weighted by Gasteiger charge is 2.50. The Morgan fingerprint density at radius 3 is 2.68 bits per heavy atom. The largest absolute Gasteiger partial charge is 0.452 e. The summed E-state index contributed by atoms with van der Waals surface area (Å²) in [6.45, 7) is 7.22. The minimum atomic E-state index is -0.630. The van der Waals surface area contributed by atoms with Crippen LogP contribution in [-0.4, -0.2) is 36.0 Å². The predicted octanol–water partition coefficient (Wildman–Crippen LogP) is 4.58. The molecule has 1 saturated carbocycles. The summed E-state index contributed by atoms with van der Waals surface area (Å²) in [7, 11) is 0. The maximum absolute atomic E-state index is 12.6. The van der Waals surface area contributed by atoms with Crippen molar-refractivity contribution in [3.63, 3.8) is 0 Å². The summed E-state index contributed by atoms with van der Waals surface area (Å²) in [5.74, 6) is -0.771. The number of hydrogen-bond donors (Lipinski definition) is 0. The molecule has 25 heavy (non-hydrogen) atoms. The topological polar surface area (TPSA) is 46.6 Å². The lowest BCUT2D eigenvalue weighted by atomic mass is 9.65. The summed E-state index contributed by atoms with van der Waals surface area (Å²) in [5, 5.41) is 0.652. The molecule has 3 rings (SSSR count). The SMILES string of the molecule is CC1(C)C[C@@H]2C[C@@](C)(CN2C(=O)COC(=O)c2cc(Cl)ccc2Cl)C1. The van der Waals surface area contributed by atoms with Crippen LogP contribution in [0.5, 0.6) is 0 Å². The van der Waals surface area contributed by atoms with Crippen LogP contribution in [0.1, 0.15) is 50.4 Å². The zero-order valence-corrected chi connectivity index (χ0v) is 16.3. The molecule has 0 radical (unpaired) electrons. The lowest BCUT2D eigenvalue weighted by Gasteiger charge is -2.39. The van der Waals surface area contributed by atoms with Crippen molar-refractivity contribution in [3.8, 4) is 0 Å². The lowest BCUT2D eigenvalue weighted by Crippen LogP contribution is -2.39. The molecule has 0 spiro atoms. The molecule has 136 valence electrons. The molecule has 2 bridgehead atoms. The smallest absolute Gasteiger partial charge is 0.340 e. The van der Waals surface area contributed by atoms with Gasteiger partial charge < -0.3 is 9.64 Å². The number of carbonyl (C=O) groups is 2. The van der Waals surface area contributed by atoms with E-state index in [4.69, 9.17) is 27.9 Å². The summed E-state index contributed by atoms with van der Waals surface area (Å²) in [6, 6.07) is 4.81. The Labute approximate surface area is 158 Å². The lowest BCUT2D eigenvalue weighted by molar-refractivity contribution is -0.135. The molecule has 1 aliphatic carbocycles. The van der Waals surface area contributed by atoms with E-state index in [1.165, 1.54) is 12.1 Å². The molecule has 1 aromatic carbocycles. The molecular formula is C19H23Cl2NO3. The van der Waals surface area contributed by atoms with Crippen molar-refractivity contribution in [3.05, 3.63) is 33.8 Å². The fourth-order valence-corrected chi connectivity index (χ4v) is 5.06. The van der Waals surface area contributed by atoms with Gasteiger partial charge in [-0.2, -0.15) is 0 Å². The van der Waals surface area contributed by atoms with Crippen molar-refractivity contribution in [2.75, 3.05) is 13.2 Å². The Morgan fingerprint density at radius 2 is 1.96 bits per heavy atom. The zero-order valence-electron chi connectivity index (χ0n) is 14.8. The monoisotopic (exact) mass is 383 g/mol. The Bertz CT molecular complexity index is 719. The fraction of sp³-hybridized carbons (Fsp3) is 0.579. The first-order valence-corrected chi connectivity index (χ1v) is 9.26. The van der Waals surface area contributed by atoms with Crippen molar-refractivity contribution in [2.45, 2.75) is 46.1 Å². The second-order valence-corrected chi connectivity index (χ2v) is 9.28. The number of ether oxygens (including phenoxy) is 1. The Kier molecular flexibility index (Phi) is 4.80. The molecule has 2 atom stereocenters. The van der Waals surface area contributed by atoms with Crippen molar-refractivity contribution in [1.82, 2.24) is 4.90 Å². The van der Waals surface area contributed by atoms with Gasteiger partial charge in [0.2, 0.25) is 0 Å². The highest BCUT2D eigenvalue weighted by molar-refractivity contribution is 6.35. The van der Waals surface area contributed by atoms with Crippen LogP contribution in [0.4, 0.5) is 0 Å². The van der Waals surface area contributed by atoms with E-state index in [9.17, 15) is 9.59 Å². The van der Waals surface area contributed by atoms with E-state index in [-0.39, 0.29) is 40.0 Å². The van der Waals surface area contributed by atoms with E-state index >= 15 is 0 Å². The molecule has 1 saturated heterocycles. The van der Waals surface area contributed by atoms with E-state index < -0.39 is 5.97 Å². The van der Waals surface area contributed by atoms with E-state index in [1.54, 1.807) is 6.07 Å². The molecule has 2 aliphatic rings. The standard InChI is InChI=1S/C19H23Cl2NO3/c1-18(2)7-13-8-19(3,10-18)11-22(13)16(23)9-25-17(24)14-6-12(20)4-5-15(14)21/h4-6,13H,7-11H2,1-3H3/t13-,19-/m1/s1. The molecule has 0 unspecified atom stereocenters. The number of fused-ring (bicyclic) bond motifs is 2. The molecule has 1 amide bonds. The first-order valence-electron chi connectivity index (χ1n) is 8.50. The van der Waals surface area contributed by atoms with Crippen LogP contribution in [-0.2, 0) is 9.53 Å². The van der Waals surface area contributed by atoms with Gasteiger partial charge in [0.15, 0.2) is 6.61 Å². The molecule has 4 nitrogen and oxygen atoms in total. The number of halogens is 2. The second-order valence-electron chi connectivity index (χ2n) is 8.44. The van der Waals surface area contributed by atoms with Gasteiger partial charge in [0.25, 0.3) is 5.91 Å². The molecule has 1 aromatic rings. The Morgan fingerprint density at radius 1 is 1.24 bits per heavy atom. The fourth-order valence-electron chi connectivity index (χ4n) is 4.69. The molecule has 1 aliphatic heterocycles. The van der Waals surface area contributed by atoms with Gasteiger partial charge in [0.1, 0.15) is 0 Å². The van der Waals surface area contributed by atoms with Gasteiger partial charge in [0, 0.05) is 17.6 Å². The third-order valence-corrected chi connectivity index (χ3v) is 5.77. The Hall–Kier alpha value is -1.26. The van der Waals surface area contributed by atoms with Crippen LogP contribution in [0, 0.1) is 10.8 Å². The van der Waals surface area contributed by atoms with E-state index in [2.05, 4.69) is 20.8 Å². The number of esters is 1. The normalized spacial score (nSPS) is 27.2. The quantitative estimate of drug-likeness (QED) is 0.717. The highest BCUT2D eigenvalue weighted by Crippen LogP contribution is 2.52. The molecule has 6 heteroatoms. The Balaban J connectivity index is 1.64. The van der Waals surface area contributed by atoms with Gasteiger partial charge in [-0.1, -0.05) is 44.0 Å². The summed E-state index contributed by atoms with van der Waals surface area (Å²) in [6.07, 6.45) is 3.12. The van der Waals surface area contributed by atoms with E-state index in [0.717, 1.165) is 25.8 Å². The average Bonchev–Trinajstić information content (AvgIpc) is 2.76. The molecule has 2 fully saturated rings. The van der Waals surface area contributed by atoms with E-state index in [1.807, 2.05) is 4.90 Å². The van der Waals surface area contributed by atoms with Crippen molar-refractivity contribution in [1.29, 1.82) is 0 Å². The van der Waals surface area contributed by atoms with Crippen LogP contribution in [0.15, 0.2) is 18.2 Å². The molecule has 1 heterocycles. The van der Waals surface area contributed by atoms with Gasteiger partial charge in [0.05, 0.1) is 10.6 Å². The molecule has 0 aromatic heterocycles. The third kappa shape index (κ3) is 3.95. The maximum Gasteiger partial charge on any atom is 0.340 e. The minimum Gasteiger partial charge on any atom is -0.452 e. The van der Waals surface area contributed by atoms with Crippen LogP contribution >= 0.6 is 23.2 Å². The van der Waals surface area contributed by atoms with Crippen molar-refractivity contribution < 1.29 is 14.3 Å². The first kappa shape index (κ1) is 18.5. The van der Waals surface area contributed by atoms with Gasteiger partial charge in [-0.3, -0.25) is 4.79 Å². The van der Waals surface area contributed by atoms with Gasteiger partial charge >= 0.3 is 5.97 Å². The molecule has 0 N–H and O–H groups in total. The summed E-state index contributed by atoms with van der Waals surface area (Å²) < 4.78 is 5.20. The summed E-state index contributed by atoms with van der Waals surface area (Å²) in [5.41, 5.74) is 0.565. The number of hydrogen-bond acceptors (Lipinski definition) is 3. The average molecular weight is 384 g/mol. The van der Waals surface area contributed by atoms with Crippen LogP contribution < -0.4 is 0 Å². The first-order chi connectivity index (χ1) is 11.6. The maximum atomic E-state index is 12.6. The van der Waals surface area contributed by atoms with Gasteiger partial charge in [-0.05, 0) is 48.3 Å². The van der Waals surface area contributed by atoms with E-state index in [0.29, 0.717) is 5.02 Å². The van der Waals surface area contributed by atoms with Gasteiger partial charge in [-0.15, -0.1) is 0 Å². The number of rotatable bonds is 3. The number of benzene rings is 1. The zero-order chi connectivity index (χ0) is 18.4.